The number of benzene rings is 1. The number of rotatable bonds is 5. The van der Waals surface area contributed by atoms with Crippen molar-refractivity contribution in [2.24, 2.45) is 0 Å². The predicted molar refractivity (Wildman–Crippen MR) is 73.1 cm³/mol. The Hall–Kier alpha value is -1.53. The number of hydrogen-bond donors (Lipinski definition) is 0. The van der Waals surface area contributed by atoms with Crippen LogP contribution in [-0.2, 0) is 28.4 Å². The summed E-state index contributed by atoms with van der Waals surface area (Å²) in [6.07, 6.45) is 1.99. The standard InChI is InChI=1S/C13H17NO4S/c1-4-18-19(15)14-6-5-10-7-12(16-2)13(17-3)8-11(10)9-14/h4,7-8H,1,5-6,9H2,2-3H3. The number of fused-ring (bicyclic) bond motifs is 1. The minimum absolute atomic E-state index is 0.552. The van der Waals surface area contributed by atoms with Crippen LogP contribution in [0, 0.1) is 0 Å². The maximum absolute atomic E-state index is 11.8. The van der Waals surface area contributed by atoms with Gasteiger partial charge in [-0.1, -0.05) is 6.58 Å². The third-order valence-corrected chi connectivity index (χ3v) is 4.08. The highest BCUT2D eigenvalue weighted by Crippen LogP contribution is 2.33. The maximum atomic E-state index is 11.8. The van der Waals surface area contributed by atoms with Crippen molar-refractivity contribution in [2.45, 2.75) is 13.0 Å². The Morgan fingerprint density at radius 1 is 1.26 bits per heavy atom. The van der Waals surface area contributed by atoms with E-state index in [9.17, 15) is 4.21 Å². The second kappa shape index (κ2) is 6.08. The highest BCUT2D eigenvalue weighted by Gasteiger charge is 2.23. The molecule has 0 radical (unpaired) electrons. The van der Waals surface area contributed by atoms with Crippen molar-refractivity contribution in [2.75, 3.05) is 20.8 Å². The normalized spacial score (nSPS) is 16.3. The zero-order chi connectivity index (χ0) is 13.8. The second-order valence-electron chi connectivity index (χ2n) is 4.07. The van der Waals surface area contributed by atoms with Gasteiger partial charge >= 0.3 is 0 Å². The van der Waals surface area contributed by atoms with Crippen molar-refractivity contribution in [1.29, 1.82) is 0 Å². The lowest BCUT2D eigenvalue weighted by molar-refractivity contribution is 0.344. The smallest absolute Gasteiger partial charge is 0.290 e. The molecule has 19 heavy (non-hydrogen) atoms. The summed E-state index contributed by atoms with van der Waals surface area (Å²) in [5.41, 5.74) is 2.26. The Morgan fingerprint density at radius 2 is 1.89 bits per heavy atom. The Kier molecular flexibility index (Phi) is 4.44. The monoisotopic (exact) mass is 283 g/mol. The first-order valence-electron chi connectivity index (χ1n) is 5.88. The molecule has 0 amide bonds. The highest BCUT2D eigenvalue weighted by molar-refractivity contribution is 7.77. The van der Waals surface area contributed by atoms with Gasteiger partial charge in [-0.15, -0.1) is 0 Å². The van der Waals surface area contributed by atoms with E-state index in [1.807, 2.05) is 12.1 Å². The molecule has 1 heterocycles. The fourth-order valence-electron chi connectivity index (χ4n) is 2.10. The highest BCUT2D eigenvalue weighted by atomic mass is 32.2. The molecule has 1 aliphatic heterocycles. The summed E-state index contributed by atoms with van der Waals surface area (Å²) in [6.45, 7) is 4.63. The van der Waals surface area contributed by atoms with Gasteiger partial charge in [0, 0.05) is 13.1 Å². The van der Waals surface area contributed by atoms with Crippen LogP contribution in [0.5, 0.6) is 11.5 Å². The van der Waals surface area contributed by atoms with Crippen molar-refractivity contribution in [3.05, 3.63) is 36.1 Å². The Balaban J connectivity index is 2.25. The first-order chi connectivity index (χ1) is 9.19. The fourth-order valence-corrected chi connectivity index (χ4v) is 2.83. The van der Waals surface area contributed by atoms with Gasteiger partial charge < -0.3 is 13.7 Å². The quantitative estimate of drug-likeness (QED) is 0.773. The molecule has 0 aromatic heterocycles. The summed E-state index contributed by atoms with van der Waals surface area (Å²) >= 11 is -1.49. The SMILES string of the molecule is C=COS(=O)N1CCc2cc(OC)c(OC)cc2C1. The lowest BCUT2D eigenvalue weighted by Gasteiger charge is -2.27. The molecule has 0 spiro atoms. The number of hydrogen-bond acceptors (Lipinski definition) is 4. The van der Waals surface area contributed by atoms with E-state index in [0.717, 1.165) is 17.7 Å². The van der Waals surface area contributed by atoms with Gasteiger partial charge in [0.25, 0.3) is 11.3 Å². The fraction of sp³-hybridized carbons (Fsp3) is 0.385. The average molecular weight is 283 g/mol. The molecule has 6 heteroatoms. The molecular weight excluding hydrogens is 266 g/mol. The first-order valence-corrected chi connectivity index (χ1v) is 6.91. The molecule has 1 aromatic carbocycles. The van der Waals surface area contributed by atoms with E-state index in [2.05, 4.69) is 6.58 Å². The topological polar surface area (TPSA) is 48.0 Å². The van der Waals surface area contributed by atoms with E-state index in [4.69, 9.17) is 13.7 Å². The maximum Gasteiger partial charge on any atom is 0.290 e. The molecule has 1 atom stereocenters. The predicted octanol–water partition coefficient (Wildman–Crippen LogP) is 1.80. The molecule has 0 saturated carbocycles. The largest absolute Gasteiger partial charge is 0.493 e. The van der Waals surface area contributed by atoms with Gasteiger partial charge in [-0.25, -0.2) is 0 Å². The van der Waals surface area contributed by atoms with Gasteiger partial charge in [0.1, 0.15) is 0 Å². The van der Waals surface area contributed by atoms with Gasteiger partial charge in [0.05, 0.1) is 20.5 Å². The molecule has 0 fully saturated rings. The molecule has 1 unspecified atom stereocenters. The Labute approximate surface area is 115 Å². The van der Waals surface area contributed by atoms with Gasteiger partial charge in [-0.3, -0.25) is 0 Å². The summed E-state index contributed by atoms with van der Waals surface area (Å²) < 4.78 is 29.0. The van der Waals surface area contributed by atoms with Crippen molar-refractivity contribution in [1.82, 2.24) is 4.31 Å². The van der Waals surface area contributed by atoms with E-state index in [-0.39, 0.29) is 0 Å². The number of ether oxygens (including phenoxy) is 2. The van der Waals surface area contributed by atoms with Crippen LogP contribution in [0.15, 0.2) is 25.0 Å². The second-order valence-corrected chi connectivity index (χ2v) is 5.21. The minimum Gasteiger partial charge on any atom is -0.493 e. The molecular formula is C13H17NO4S. The third-order valence-electron chi connectivity index (χ3n) is 3.04. The number of nitrogens with zero attached hydrogens (tertiary/aromatic N) is 1. The molecule has 0 N–H and O–H groups in total. The van der Waals surface area contributed by atoms with E-state index < -0.39 is 11.3 Å². The first kappa shape index (κ1) is 13.9. The molecule has 104 valence electrons. The summed E-state index contributed by atoms with van der Waals surface area (Å²) in [7, 11) is 3.22. The molecule has 1 aliphatic rings. The molecule has 5 nitrogen and oxygen atoms in total. The van der Waals surface area contributed by atoms with Crippen LogP contribution in [0.4, 0.5) is 0 Å². The lowest BCUT2D eigenvalue weighted by atomic mass is 10.0. The van der Waals surface area contributed by atoms with Gasteiger partial charge in [-0.05, 0) is 29.7 Å². The van der Waals surface area contributed by atoms with E-state index in [0.29, 0.717) is 18.8 Å². The average Bonchev–Trinajstić information content (AvgIpc) is 2.45. The van der Waals surface area contributed by atoms with Gasteiger partial charge in [0.2, 0.25) is 0 Å². The summed E-state index contributed by atoms with van der Waals surface area (Å²) in [6, 6.07) is 3.90. The Bertz CT molecular complexity index is 504. The van der Waals surface area contributed by atoms with Crippen LogP contribution >= 0.6 is 0 Å². The van der Waals surface area contributed by atoms with E-state index in [1.165, 1.54) is 11.8 Å². The van der Waals surface area contributed by atoms with Crippen molar-refractivity contribution in [3.8, 4) is 11.5 Å². The van der Waals surface area contributed by atoms with Gasteiger partial charge in [0.15, 0.2) is 11.5 Å². The van der Waals surface area contributed by atoms with Crippen molar-refractivity contribution >= 4 is 11.3 Å². The number of methoxy groups -OCH3 is 2. The third kappa shape index (κ3) is 2.90. The minimum atomic E-state index is -1.49. The van der Waals surface area contributed by atoms with E-state index in [1.54, 1.807) is 18.5 Å². The Morgan fingerprint density at radius 3 is 2.47 bits per heavy atom. The van der Waals surface area contributed by atoms with E-state index >= 15 is 0 Å². The molecule has 2 rings (SSSR count). The summed E-state index contributed by atoms with van der Waals surface area (Å²) in [5.74, 6) is 1.40. The van der Waals surface area contributed by atoms with Crippen LogP contribution < -0.4 is 9.47 Å². The lowest BCUT2D eigenvalue weighted by Crippen LogP contribution is -2.32. The molecule has 1 aromatic rings. The molecule has 0 saturated heterocycles. The molecule has 0 aliphatic carbocycles. The van der Waals surface area contributed by atoms with Crippen LogP contribution in [0.25, 0.3) is 0 Å². The van der Waals surface area contributed by atoms with Crippen LogP contribution in [-0.4, -0.2) is 29.3 Å². The van der Waals surface area contributed by atoms with Crippen LogP contribution in [0.1, 0.15) is 11.1 Å². The van der Waals surface area contributed by atoms with Gasteiger partial charge in [-0.2, -0.15) is 8.51 Å². The molecule has 0 bridgehead atoms. The summed E-state index contributed by atoms with van der Waals surface area (Å²) in [4.78, 5) is 0. The van der Waals surface area contributed by atoms with Crippen LogP contribution in [0.3, 0.4) is 0 Å². The zero-order valence-electron chi connectivity index (χ0n) is 11.0. The van der Waals surface area contributed by atoms with Crippen molar-refractivity contribution in [3.63, 3.8) is 0 Å². The zero-order valence-corrected chi connectivity index (χ0v) is 11.9. The van der Waals surface area contributed by atoms with Crippen LogP contribution in [0.2, 0.25) is 0 Å². The summed E-state index contributed by atoms with van der Waals surface area (Å²) in [5, 5.41) is 0. The van der Waals surface area contributed by atoms with Crippen molar-refractivity contribution < 1.29 is 17.9 Å².